The predicted octanol–water partition coefficient (Wildman–Crippen LogP) is 2.13. The van der Waals surface area contributed by atoms with E-state index in [9.17, 15) is 9.59 Å². The Bertz CT molecular complexity index is 521. The molecular weight excluding hydrogens is 276 g/mol. The van der Waals surface area contributed by atoms with Crippen LogP contribution in [0.1, 0.15) is 30.1 Å². The number of aliphatic carboxylic acids is 1. The second kappa shape index (κ2) is 6.26. The van der Waals surface area contributed by atoms with Crippen molar-refractivity contribution < 1.29 is 14.7 Å². The molecule has 0 radical (unpaired) electrons. The van der Waals surface area contributed by atoms with Crippen molar-refractivity contribution in [2.24, 2.45) is 5.92 Å². The first-order valence-electron chi connectivity index (χ1n) is 6.57. The molecule has 2 rings (SSSR count). The second-order valence-electron chi connectivity index (χ2n) is 4.97. The number of amides is 1. The number of likely N-dealkylation sites (tertiary alicyclic amines) is 1. The highest BCUT2D eigenvalue weighted by atomic mass is 32.2. The van der Waals surface area contributed by atoms with Crippen LogP contribution in [-0.2, 0) is 4.79 Å². The number of hydrogen-bond donors (Lipinski definition) is 1. The van der Waals surface area contributed by atoms with Gasteiger partial charge in [-0.25, -0.2) is 4.98 Å². The Hall–Kier alpha value is -1.56. The van der Waals surface area contributed by atoms with Gasteiger partial charge >= 0.3 is 5.97 Å². The van der Waals surface area contributed by atoms with Crippen molar-refractivity contribution >= 4 is 23.6 Å². The topological polar surface area (TPSA) is 70.5 Å². The molecule has 2 atom stereocenters. The van der Waals surface area contributed by atoms with Crippen LogP contribution in [-0.4, -0.2) is 45.7 Å². The first-order chi connectivity index (χ1) is 9.54. The van der Waals surface area contributed by atoms with E-state index in [1.165, 1.54) is 11.8 Å². The van der Waals surface area contributed by atoms with Crippen molar-refractivity contribution in [3.63, 3.8) is 0 Å². The molecule has 1 N–H and O–H groups in total. The van der Waals surface area contributed by atoms with Crippen molar-refractivity contribution in [3.05, 3.63) is 23.9 Å². The van der Waals surface area contributed by atoms with Crippen LogP contribution in [0, 0.1) is 5.92 Å². The standard InChI is InChI=1S/C14H18N2O3S/c1-9-8-10(14(18)19)5-7-16(9)13(17)11-4-3-6-15-12(11)20-2/h3-4,6,9-10H,5,7-8H2,1-2H3,(H,18,19). The van der Waals surface area contributed by atoms with Crippen LogP contribution >= 0.6 is 11.8 Å². The molecule has 1 aromatic heterocycles. The summed E-state index contributed by atoms with van der Waals surface area (Å²) >= 11 is 1.44. The van der Waals surface area contributed by atoms with Gasteiger partial charge in [-0.15, -0.1) is 11.8 Å². The summed E-state index contributed by atoms with van der Waals surface area (Å²) < 4.78 is 0. The predicted molar refractivity (Wildman–Crippen MR) is 76.9 cm³/mol. The molecule has 2 heterocycles. The average molecular weight is 294 g/mol. The monoisotopic (exact) mass is 294 g/mol. The van der Waals surface area contributed by atoms with Gasteiger partial charge in [-0.1, -0.05) is 0 Å². The highest BCUT2D eigenvalue weighted by molar-refractivity contribution is 7.98. The van der Waals surface area contributed by atoms with Crippen LogP contribution in [0.2, 0.25) is 0 Å². The third-order valence-electron chi connectivity index (χ3n) is 3.68. The van der Waals surface area contributed by atoms with Gasteiger partial charge in [-0.05, 0) is 38.2 Å². The second-order valence-corrected chi connectivity index (χ2v) is 5.76. The van der Waals surface area contributed by atoms with Gasteiger partial charge in [0.25, 0.3) is 5.91 Å². The number of pyridine rings is 1. The van der Waals surface area contributed by atoms with Crippen molar-refractivity contribution in [2.75, 3.05) is 12.8 Å². The zero-order valence-corrected chi connectivity index (χ0v) is 12.4. The fraction of sp³-hybridized carbons (Fsp3) is 0.500. The molecule has 0 spiro atoms. The van der Waals surface area contributed by atoms with Crippen molar-refractivity contribution in [1.29, 1.82) is 0 Å². The normalized spacial score (nSPS) is 22.6. The Morgan fingerprint density at radius 2 is 2.25 bits per heavy atom. The van der Waals surface area contributed by atoms with Gasteiger partial charge in [-0.2, -0.15) is 0 Å². The van der Waals surface area contributed by atoms with E-state index in [1.807, 2.05) is 13.2 Å². The average Bonchev–Trinajstić information content (AvgIpc) is 2.46. The summed E-state index contributed by atoms with van der Waals surface area (Å²) in [6.45, 7) is 2.39. The van der Waals surface area contributed by atoms with Crippen molar-refractivity contribution in [1.82, 2.24) is 9.88 Å². The van der Waals surface area contributed by atoms with Crippen molar-refractivity contribution in [3.8, 4) is 0 Å². The summed E-state index contributed by atoms with van der Waals surface area (Å²) in [5, 5.41) is 9.78. The van der Waals surface area contributed by atoms with E-state index in [2.05, 4.69) is 4.98 Å². The molecule has 1 aliphatic heterocycles. The third-order valence-corrected chi connectivity index (χ3v) is 4.39. The molecule has 0 saturated carbocycles. The summed E-state index contributed by atoms with van der Waals surface area (Å²) in [4.78, 5) is 29.6. The number of aromatic nitrogens is 1. The molecule has 6 heteroatoms. The molecule has 2 unspecified atom stereocenters. The lowest BCUT2D eigenvalue weighted by molar-refractivity contribution is -0.143. The molecule has 1 saturated heterocycles. The summed E-state index contributed by atoms with van der Waals surface area (Å²) in [7, 11) is 0. The Kier molecular flexibility index (Phi) is 4.65. The summed E-state index contributed by atoms with van der Waals surface area (Å²) in [6, 6.07) is 3.46. The maximum Gasteiger partial charge on any atom is 0.306 e. The van der Waals surface area contributed by atoms with Crippen LogP contribution in [0.3, 0.4) is 0 Å². The Labute approximate surface area is 122 Å². The number of carboxylic acid groups (broad SMARTS) is 1. The van der Waals surface area contributed by atoms with E-state index in [-0.39, 0.29) is 17.9 Å². The number of hydrogen-bond acceptors (Lipinski definition) is 4. The Balaban J connectivity index is 2.16. The van der Waals surface area contributed by atoms with Gasteiger partial charge in [0.15, 0.2) is 0 Å². The van der Waals surface area contributed by atoms with Crippen LogP contribution in [0.25, 0.3) is 0 Å². The number of carboxylic acids is 1. The molecule has 0 aliphatic carbocycles. The summed E-state index contributed by atoms with van der Waals surface area (Å²) in [5.41, 5.74) is 0.598. The highest BCUT2D eigenvalue weighted by Crippen LogP contribution is 2.26. The molecular formula is C14H18N2O3S. The molecule has 1 aromatic rings. The van der Waals surface area contributed by atoms with E-state index in [4.69, 9.17) is 5.11 Å². The highest BCUT2D eigenvalue weighted by Gasteiger charge is 2.33. The van der Waals surface area contributed by atoms with Crippen molar-refractivity contribution in [2.45, 2.75) is 30.8 Å². The Morgan fingerprint density at radius 3 is 2.85 bits per heavy atom. The van der Waals surface area contributed by atoms with Gasteiger partial charge < -0.3 is 10.0 Å². The fourth-order valence-electron chi connectivity index (χ4n) is 2.57. The van der Waals surface area contributed by atoms with E-state index in [1.54, 1.807) is 23.2 Å². The fourth-order valence-corrected chi connectivity index (χ4v) is 3.11. The molecule has 0 aromatic carbocycles. The SMILES string of the molecule is CSc1ncccc1C(=O)N1CCC(C(=O)O)CC1C. The van der Waals surface area contributed by atoms with E-state index >= 15 is 0 Å². The number of piperidine rings is 1. The number of thioether (sulfide) groups is 1. The van der Waals surface area contributed by atoms with E-state index < -0.39 is 5.97 Å². The first-order valence-corrected chi connectivity index (χ1v) is 7.79. The summed E-state index contributed by atoms with van der Waals surface area (Å²) in [6.07, 6.45) is 4.58. The maximum absolute atomic E-state index is 12.6. The zero-order chi connectivity index (χ0) is 14.7. The number of nitrogens with zero attached hydrogens (tertiary/aromatic N) is 2. The van der Waals surface area contributed by atoms with Crippen LogP contribution in [0.15, 0.2) is 23.4 Å². The molecule has 5 nitrogen and oxygen atoms in total. The van der Waals surface area contributed by atoms with Gasteiger partial charge in [0.2, 0.25) is 0 Å². The molecule has 20 heavy (non-hydrogen) atoms. The zero-order valence-electron chi connectivity index (χ0n) is 11.6. The first kappa shape index (κ1) is 14.8. The lowest BCUT2D eigenvalue weighted by Gasteiger charge is -2.36. The minimum absolute atomic E-state index is 0.0567. The molecule has 108 valence electrons. The summed E-state index contributed by atoms with van der Waals surface area (Å²) in [5.74, 6) is -1.17. The van der Waals surface area contributed by atoms with Gasteiger partial charge in [0.1, 0.15) is 5.03 Å². The van der Waals surface area contributed by atoms with Crippen LogP contribution in [0.4, 0.5) is 0 Å². The maximum atomic E-state index is 12.6. The Morgan fingerprint density at radius 1 is 1.50 bits per heavy atom. The minimum Gasteiger partial charge on any atom is -0.481 e. The third kappa shape index (κ3) is 2.95. The van der Waals surface area contributed by atoms with E-state index in [0.29, 0.717) is 30.0 Å². The minimum atomic E-state index is -0.768. The van der Waals surface area contributed by atoms with Crippen LogP contribution < -0.4 is 0 Å². The van der Waals surface area contributed by atoms with E-state index in [0.717, 1.165) is 0 Å². The lowest BCUT2D eigenvalue weighted by atomic mass is 9.91. The largest absolute Gasteiger partial charge is 0.481 e. The number of carbonyl (C=O) groups is 2. The molecule has 1 aliphatic rings. The van der Waals surface area contributed by atoms with Gasteiger partial charge in [0.05, 0.1) is 11.5 Å². The molecule has 0 bridgehead atoms. The number of rotatable bonds is 3. The molecule has 1 amide bonds. The number of carbonyl (C=O) groups excluding carboxylic acids is 1. The van der Waals surface area contributed by atoms with Crippen LogP contribution in [0.5, 0.6) is 0 Å². The molecule has 1 fully saturated rings. The van der Waals surface area contributed by atoms with Gasteiger partial charge in [0, 0.05) is 18.8 Å². The quantitative estimate of drug-likeness (QED) is 0.865. The lowest BCUT2D eigenvalue weighted by Crippen LogP contribution is -2.46. The van der Waals surface area contributed by atoms with Gasteiger partial charge in [-0.3, -0.25) is 9.59 Å². The smallest absolute Gasteiger partial charge is 0.306 e.